The van der Waals surface area contributed by atoms with Gasteiger partial charge in [-0.3, -0.25) is 0 Å². The van der Waals surface area contributed by atoms with Crippen LogP contribution in [0.25, 0.3) is 0 Å². The molecule has 0 atom stereocenters. The van der Waals surface area contributed by atoms with Crippen LogP contribution >= 0.6 is 22.6 Å². The Hall–Kier alpha value is -0.460. The predicted molar refractivity (Wildman–Crippen MR) is 55.5 cm³/mol. The maximum absolute atomic E-state index is 12.1. The van der Waals surface area contributed by atoms with E-state index in [2.05, 4.69) is 0 Å². The minimum atomic E-state index is -4.20. The van der Waals surface area contributed by atoms with Crippen molar-refractivity contribution in [2.75, 3.05) is 7.11 Å². The van der Waals surface area contributed by atoms with Crippen molar-refractivity contribution in [3.8, 4) is 5.75 Å². The van der Waals surface area contributed by atoms with E-state index >= 15 is 0 Å². The summed E-state index contributed by atoms with van der Waals surface area (Å²) in [6, 6.07) is 4.73. The normalized spacial score (nSPS) is 11.5. The van der Waals surface area contributed by atoms with Crippen LogP contribution in [-0.4, -0.2) is 13.3 Å². The molecule has 5 heteroatoms. The first-order chi connectivity index (χ1) is 6.42. The van der Waals surface area contributed by atoms with Crippen molar-refractivity contribution in [3.05, 3.63) is 27.3 Å². The molecule has 0 unspecified atom stereocenters. The van der Waals surface area contributed by atoms with Crippen molar-refractivity contribution in [1.82, 2.24) is 0 Å². The fourth-order valence-electron chi connectivity index (χ4n) is 1.10. The van der Waals surface area contributed by atoms with Gasteiger partial charge in [0.05, 0.1) is 13.5 Å². The molecule has 0 radical (unpaired) electrons. The van der Waals surface area contributed by atoms with Crippen LogP contribution in [0.5, 0.6) is 5.75 Å². The van der Waals surface area contributed by atoms with Gasteiger partial charge in [-0.1, -0.05) is 0 Å². The molecular formula is C9H8F3IO. The Labute approximate surface area is 93.4 Å². The van der Waals surface area contributed by atoms with E-state index in [1.807, 2.05) is 22.6 Å². The van der Waals surface area contributed by atoms with Gasteiger partial charge in [-0.25, -0.2) is 0 Å². The number of ether oxygens (including phenoxy) is 1. The Morgan fingerprint density at radius 1 is 1.36 bits per heavy atom. The summed E-state index contributed by atoms with van der Waals surface area (Å²) in [4.78, 5) is 0. The van der Waals surface area contributed by atoms with E-state index in [1.54, 1.807) is 12.1 Å². The van der Waals surface area contributed by atoms with Crippen molar-refractivity contribution in [2.45, 2.75) is 12.6 Å². The average molecular weight is 316 g/mol. The minimum Gasteiger partial charge on any atom is -0.496 e. The van der Waals surface area contributed by atoms with E-state index in [4.69, 9.17) is 4.74 Å². The Morgan fingerprint density at radius 3 is 2.50 bits per heavy atom. The van der Waals surface area contributed by atoms with E-state index in [0.717, 1.165) is 3.57 Å². The Morgan fingerprint density at radius 2 is 2.00 bits per heavy atom. The van der Waals surface area contributed by atoms with Gasteiger partial charge in [0.1, 0.15) is 5.75 Å². The molecule has 0 saturated carbocycles. The zero-order chi connectivity index (χ0) is 10.8. The summed E-state index contributed by atoms with van der Waals surface area (Å²) in [6.07, 6.45) is -5.15. The number of halogens is 4. The molecule has 14 heavy (non-hydrogen) atoms. The molecule has 0 aliphatic carbocycles. The van der Waals surface area contributed by atoms with Gasteiger partial charge in [-0.15, -0.1) is 0 Å². The molecule has 0 spiro atoms. The summed E-state index contributed by atoms with van der Waals surface area (Å²) in [6.45, 7) is 0. The third kappa shape index (κ3) is 3.36. The molecule has 1 aromatic rings. The lowest BCUT2D eigenvalue weighted by Crippen LogP contribution is -2.12. The number of hydrogen-bond donors (Lipinski definition) is 0. The van der Waals surface area contributed by atoms with E-state index in [0.29, 0.717) is 0 Å². The van der Waals surface area contributed by atoms with Gasteiger partial charge < -0.3 is 4.74 Å². The summed E-state index contributed by atoms with van der Waals surface area (Å²) in [5, 5.41) is 0. The second-order valence-corrected chi connectivity index (χ2v) is 3.99. The van der Waals surface area contributed by atoms with E-state index in [1.165, 1.54) is 13.2 Å². The smallest absolute Gasteiger partial charge is 0.393 e. The van der Waals surface area contributed by atoms with Crippen LogP contribution in [0.4, 0.5) is 13.2 Å². The van der Waals surface area contributed by atoms with Crippen molar-refractivity contribution >= 4 is 22.6 Å². The fraction of sp³-hybridized carbons (Fsp3) is 0.333. The van der Waals surface area contributed by atoms with E-state index in [9.17, 15) is 13.2 Å². The molecule has 1 aromatic carbocycles. The third-order valence-electron chi connectivity index (χ3n) is 1.63. The second-order valence-electron chi connectivity index (χ2n) is 2.75. The molecule has 0 fully saturated rings. The topological polar surface area (TPSA) is 9.23 Å². The molecular weight excluding hydrogens is 308 g/mol. The Bertz CT molecular complexity index is 322. The van der Waals surface area contributed by atoms with Gasteiger partial charge in [0.25, 0.3) is 0 Å². The fourth-order valence-corrected chi connectivity index (χ4v) is 1.66. The number of rotatable bonds is 2. The maximum atomic E-state index is 12.1. The molecule has 0 bridgehead atoms. The largest absolute Gasteiger partial charge is 0.496 e. The van der Waals surface area contributed by atoms with Gasteiger partial charge in [0, 0.05) is 9.13 Å². The molecule has 78 valence electrons. The quantitative estimate of drug-likeness (QED) is 0.760. The standard InChI is InChI=1S/C9H8F3IO/c1-14-8-3-2-7(13)4-6(8)5-9(10,11)12/h2-4H,5H2,1H3. The first kappa shape index (κ1) is 11.6. The van der Waals surface area contributed by atoms with Crippen LogP contribution in [0.1, 0.15) is 5.56 Å². The first-order valence-electron chi connectivity index (χ1n) is 3.81. The van der Waals surface area contributed by atoms with Crippen molar-refractivity contribution in [3.63, 3.8) is 0 Å². The number of methoxy groups -OCH3 is 1. The summed E-state index contributed by atoms with van der Waals surface area (Å²) in [7, 11) is 1.36. The van der Waals surface area contributed by atoms with Crippen LogP contribution in [0.15, 0.2) is 18.2 Å². The van der Waals surface area contributed by atoms with E-state index < -0.39 is 12.6 Å². The highest BCUT2D eigenvalue weighted by molar-refractivity contribution is 14.1. The molecule has 0 aliphatic rings. The molecule has 0 N–H and O–H groups in total. The van der Waals surface area contributed by atoms with Crippen LogP contribution in [0.3, 0.4) is 0 Å². The molecule has 1 rings (SSSR count). The summed E-state index contributed by atoms with van der Waals surface area (Å²) < 4.78 is 42.0. The molecule has 0 aromatic heterocycles. The number of benzene rings is 1. The van der Waals surface area contributed by atoms with Crippen LogP contribution in [0.2, 0.25) is 0 Å². The average Bonchev–Trinajstić information content (AvgIpc) is 2.01. The predicted octanol–water partition coefficient (Wildman–Crippen LogP) is 3.40. The van der Waals surface area contributed by atoms with Crippen molar-refractivity contribution < 1.29 is 17.9 Å². The van der Waals surface area contributed by atoms with Crippen molar-refractivity contribution in [1.29, 1.82) is 0 Å². The van der Waals surface area contributed by atoms with Crippen LogP contribution < -0.4 is 4.74 Å². The van der Waals surface area contributed by atoms with Gasteiger partial charge in [-0.2, -0.15) is 13.2 Å². The van der Waals surface area contributed by atoms with Gasteiger partial charge >= 0.3 is 6.18 Å². The monoisotopic (exact) mass is 316 g/mol. The summed E-state index contributed by atoms with van der Waals surface area (Å²) >= 11 is 1.97. The van der Waals surface area contributed by atoms with Gasteiger partial charge in [-0.05, 0) is 40.8 Å². The molecule has 0 heterocycles. The van der Waals surface area contributed by atoms with E-state index in [-0.39, 0.29) is 11.3 Å². The van der Waals surface area contributed by atoms with Crippen LogP contribution in [0, 0.1) is 3.57 Å². The zero-order valence-electron chi connectivity index (χ0n) is 7.36. The second kappa shape index (κ2) is 4.37. The lowest BCUT2D eigenvalue weighted by molar-refractivity contribution is -0.127. The Balaban J connectivity index is 2.99. The zero-order valence-corrected chi connectivity index (χ0v) is 9.52. The minimum absolute atomic E-state index is 0.173. The lowest BCUT2D eigenvalue weighted by atomic mass is 10.1. The molecule has 1 nitrogen and oxygen atoms in total. The Kier molecular flexibility index (Phi) is 3.63. The highest BCUT2D eigenvalue weighted by Crippen LogP contribution is 2.28. The van der Waals surface area contributed by atoms with Gasteiger partial charge in [0.2, 0.25) is 0 Å². The summed E-state index contributed by atoms with van der Waals surface area (Å²) in [5.74, 6) is 0.280. The molecule has 0 saturated heterocycles. The maximum Gasteiger partial charge on any atom is 0.393 e. The SMILES string of the molecule is COc1ccc(I)cc1CC(F)(F)F. The van der Waals surface area contributed by atoms with Crippen molar-refractivity contribution in [2.24, 2.45) is 0 Å². The molecule has 0 amide bonds. The van der Waals surface area contributed by atoms with Gasteiger partial charge in [0.15, 0.2) is 0 Å². The first-order valence-corrected chi connectivity index (χ1v) is 4.89. The lowest BCUT2D eigenvalue weighted by Gasteiger charge is -2.10. The highest BCUT2D eigenvalue weighted by atomic mass is 127. The number of hydrogen-bond acceptors (Lipinski definition) is 1. The van der Waals surface area contributed by atoms with Crippen LogP contribution in [-0.2, 0) is 6.42 Å². The third-order valence-corrected chi connectivity index (χ3v) is 2.30. The molecule has 0 aliphatic heterocycles. The highest BCUT2D eigenvalue weighted by Gasteiger charge is 2.29. The summed E-state index contributed by atoms with van der Waals surface area (Å²) in [5.41, 5.74) is 0.173. The number of alkyl halides is 3.